The molecule has 0 aliphatic carbocycles. The second-order valence-corrected chi connectivity index (χ2v) is 9.22. The maximum absolute atomic E-state index is 12.5. The van der Waals surface area contributed by atoms with Crippen LogP contribution >= 0.6 is 11.6 Å². The number of halogens is 1. The molecular weight excluding hydrogens is 400 g/mol. The summed E-state index contributed by atoms with van der Waals surface area (Å²) in [6.07, 6.45) is 1.78. The number of sulfonamides is 1. The van der Waals surface area contributed by atoms with Gasteiger partial charge in [-0.25, -0.2) is 8.42 Å². The van der Waals surface area contributed by atoms with Crippen molar-refractivity contribution in [1.82, 2.24) is 4.31 Å². The number of anilines is 1. The molecule has 3 rings (SSSR count). The van der Waals surface area contributed by atoms with E-state index < -0.39 is 10.0 Å². The average molecular weight is 423 g/mol. The molecular formula is C20H23ClN2O4S. The molecule has 150 valence electrons. The highest BCUT2D eigenvalue weighted by Gasteiger charge is 2.26. The maximum Gasteiger partial charge on any atom is 0.262 e. The van der Waals surface area contributed by atoms with Gasteiger partial charge in [0.2, 0.25) is 10.0 Å². The van der Waals surface area contributed by atoms with Gasteiger partial charge in [0.05, 0.1) is 4.90 Å². The molecule has 0 aromatic heterocycles. The van der Waals surface area contributed by atoms with Gasteiger partial charge in [-0.05, 0) is 74.2 Å². The normalized spacial score (nSPS) is 14.8. The molecule has 0 unspecified atom stereocenters. The fourth-order valence-corrected chi connectivity index (χ4v) is 5.09. The summed E-state index contributed by atoms with van der Waals surface area (Å²) in [5.74, 6) is 0.301. The Morgan fingerprint density at radius 2 is 1.68 bits per heavy atom. The molecule has 0 spiro atoms. The van der Waals surface area contributed by atoms with Crippen molar-refractivity contribution in [3.63, 3.8) is 0 Å². The SMILES string of the molecule is Cc1cc(Cl)cc(C)c1OCC(=O)Nc1ccc(S(=O)(=O)N2CCCC2)cc1. The zero-order valence-corrected chi connectivity index (χ0v) is 17.4. The van der Waals surface area contributed by atoms with Crippen LogP contribution in [0.2, 0.25) is 5.02 Å². The molecule has 8 heteroatoms. The van der Waals surface area contributed by atoms with Crippen LogP contribution in [-0.2, 0) is 14.8 Å². The predicted octanol–water partition coefficient (Wildman–Crippen LogP) is 3.76. The van der Waals surface area contributed by atoms with Crippen LogP contribution in [-0.4, -0.2) is 38.3 Å². The average Bonchev–Trinajstić information content (AvgIpc) is 3.17. The number of carbonyl (C=O) groups is 1. The van der Waals surface area contributed by atoms with Gasteiger partial charge >= 0.3 is 0 Å². The summed E-state index contributed by atoms with van der Waals surface area (Å²) >= 11 is 6.00. The Balaban J connectivity index is 1.60. The summed E-state index contributed by atoms with van der Waals surface area (Å²) in [7, 11) is -3.46. The minimum Gasteiger partial charge on any atom is -0.483 e. The Labute approximate surface area is 170 Å². The quantitative estimate of drug-likeness (QED) is 0.769. The summed E-state index contributed by atoms with van der Waals surface area (Å²) in [4.78, 5) is 12.4. The number of carbonyl (C=O) groups excluding carboxylic acids is 1. The molecule has 1 heterocycles. The maximum atomic E-state index is 12.5. The van der Waals surface area contributed by atoms with E-state index in [1.807, 2.05) is 13.8 Å². The van der Waals surface area contributed by atoms with Crippen LogP contribution in [0.3, 0.4) is 0 Å². The van der Waals surface area contributed by atoms with E-state index in [9.17, 15) is 13.2 Å². The number of benzene rings is 2. The molecule has 28 heavy (non-hydrogen) atoms. The number of hydrogen-bond donors (Lipinski definition) is 1. The minimum absolute atomic E-state index is 0.156. The predicted molar refractivity (Wildman–Crippen MR) is 109 cm³/mol. The highest BCUT2D eigenvalue weighted by atomic mass is 35.5. The van der Waals surface area contributed by atoms with Crippen LogP contribution in [0.1, 0.15) is 24.0 Å². The molecule has 2 aromatic rings. The Bertz CT molecular complexity index is 945. The van der Waals surface area contributed by atoms with E-state index in [0.717, 1.165) is 24.0 Å². The molecule has 0 atom stereocenters. The fourth-order valence-electron chi connectivity index (χ4n) is 3.25. The lowest BCUT2D eigenvalue weighted by atomic mass is 10.1. The number of rotatable bonds is 6. The van der Waals surface area contributed by atoms with Gasteiger partial charge in [0.25, 0.3) is 5.91 Å². The lowest BCUT2D eigenvalue weighted by Crippen LogP contribution is -2.27. The van der Waals surface area contributed by atoms with Crippen molar-refractivity contribution < 1.29 is 17.9 Å². The van der Waals surface area contributed by atoms with Gasteiger partial charge in [-0.2, -0.15) is 4.31 Å². The van der Waals surface area contributed by atoms with Crippen molar-refractivity contribution in [1.29, 1.82) is 0 Å². The number of aryl methyl sites for hydroxylation is 2. The second kappa shape index (κ2) is 8.51. The van der Waals surface area contributed by atoms with Crippen LogP contribution in [0.4, 0.5) is 5.69 Å². The van der Waals surface area contributed by atoms with Crippen LogP contribution in [0.25, 0.3) is 0 Å². The number of amides is 1. The van der Waals surface area contributed by atoms with E-state index in [-0.39, 0.29) is 17.4 Å². The van der Waals surface area contributed by atoms with Crippen molar-refractivity contribution in [2.45, 2.75) is 31.6 Å². The first-order chi connectivity index (χ1) is 13.3. The van der Waals surface area contributed by atoms with Crippen LogP contribution in [0.5, 0.6) is 5.75 Å². The molecule has 1 fully saturated rings. The standard InChI is InChI=1S/C20H23ClN2O4S/c1-14-11-16(21)12-15(2)20(14)27-13-19(24)22-17-5-7-18(8-6-17)28(25,26)23-9-3-4-10-23/h5-8,11-12H,3-4,9-10,13H2,1-2H3,(H,22,24). The lowest BCUT2D eigenvalue weighted by Gasteiger charge is -2.16. The highest BCUT2D eigenvalue weighted by Crippen LogP contribution is 2.27. The third-order valence-corrected chi connectivity index (χ3v) is 6.74. The van der Waals surface area contributed by atoms with Gasteiger partial charge in [0, 0.05) is 23.8 Å². The van der Waals surface area contributed by atoms with Gasteiger partial charge in [-0.1, -0.05) is 11.6 Å². The summed E-state index contributed by atoms with van der Waals surface area (Å²) in [5.41, 5.74) is 2.22. The molecule has 1 saturated heterocycles. The molecule has 1 amide bonds. The first-order valence-corrected chi connectivity index (χ1v) is 10.9. The monoisotopic (exact) mass is 422 g/mol. The molecule has 0 saturated carbocycles. The van der Waals surface area contributed by atoms with E-state index >= 15 is 0 Å². The van der Waals surface area contributed by atoms with E-state index in [0.29, 0.717) is 29.5 Å². The van der Waals surface area contributed by atoms with Gasteiger partial charge in [0.15, 0.2) is 6.61 Å². The van der Waals surface area contributed by atoms with Gasteiger partial charge in [0.1, 0.15) is 5.75 Å². The Morgan fingerprint density at radius 1 is 1.11 bits per heavy atom. The molecule has 2 aromatic carbocycles. The third kappa shape index (κ3) is 4.66. The lowest BCUT2D eigenvalue weighted by molar-refractivity contribution is -0.118. The molecule has 0 bridgehead atoms. The third-order valence-electron chi connectivity index (χ3n) is 4.61. The fraction of sp³-hybridized carbons (Fsp3) is 0.350. The second-order valence-electron chi connectivity index (χ2n) is 6.84. The first-order valence-electron chi connectivity index (χ1n) is 9.07. The molecule has 6 nitrogen and oxygen atoms in total. The largest absolute Gasteiger partial charge is 0.483 e. The summed E-state index contributed by atoms with van der Waals surface area (Å²) in [5, 5.41) is 3.33. The van der Waals surface area contributed by atoms with E-state index in [2.05, 4.69) is 5.32 Å². The van der Waals surface area contributed by atoms with Crippen molar-refractivity contribution in [3.8, 4) is 5.75 Å². The van der Waals surface area contributed by atoms with Gasteiger partial charge in [-0.15, -0.1) is 0 Å². The molecule has 1 aliphatic heterocycles. The highest BCUT2D eigenvalue weighted by molar-refractivity contribution is 7.89. The molecule has 1 aliphatic rings. The Kier molecular flexibility index (Phi) is 6.27. The van der Waals surface area contributed by atoms with E-state index in [1.165, 1.54) is 16.4 Å². The van der Waals surface area contributed by atoms with Crippen LogP contribution < -0.4 is 10.1 Å². The smallest absolute Gasteiger partial charge is 0.262 e. The Hall–Kier alpha value is -2.09. The number of hydrogen-bond acceptors (Lipinski definition) is 4. The zero-order valence-electron chi connectivity index (χ0n) is 15.9. The van der Waals surface area contributed by atoms with Crippen molar-refractivity contribution in [3.05, 3.63) is 52.5 Å². The minimum atomic E-state index is -3.46. The molecule has 0 radical (unpaired) electrons. The topological polar surface area (TPSA) is 75.7 Å². The van der Waals surface area contributed by atoms with Crippen LogP contribution in [0.15, 0.2) is 41.3 Å². The number of ether oxygens (including phenoxy) is 1. The van der Waals surface area contributed by atoms with Crippen LogP contribution in [0, 0.1) is 13.8 Å². The zero-order chi connectivity index (χ0) is 20.3. The number of nitrogens with zero attached hydrogens (tertiary/aromatic N) is 1. The number of nitrogens with one attached hydrogen (secondary N) is 1. The van der Waals surface area contributed by atoms with Gasteiger partial charge < -0.3 is 10.1 Å². The van der Waals surface area contributed by atoms with Crippen molar-refractivity contribution in [2.24, 2.45) is 0 Å². The van der Waals surface area contributed by atoms with E-state index in [4.69, 9.17) is 16.3 Å². The van der Waals surface area contributed by atoms with E-state index in [1.54, 1.807) is 24.3 Å². The van der Waals surface area contributed by atoms with Gasteiger partial charge in [-0.3, -0.25) is 4.79 Å². The summed E-state index contributed by atoms with van der Waals surface area (Å²) < 4.78 is 32.2. The summed E-state index contributed by atoms with van der Waals surface area (Å²) in [6, 6.07) is 9.75. The first kappa shape index (κ1) is 20.6. The summed E-state index contributed by atoms with van der Waals surface area (Å²) in [6.45, 7) is 4.69. The van der Waals surface area contributed by atoms with Crippen molar-refractivity contribution >= 4 is 33.2 Å². The Morgan fingerprint density at radius 3 is 2.25 bits per heavy atom. The molecule has 1 N–H and O–H groups in total. The van der Waals surface area contributed by atoms with Crippen molar-refractivity contribution in [2.75, 3.05) is 25.0 Å².